The number of carbonyl (C=O) groups is 2. The van der Waals surface area contributed by atoms with E-state index in [0.717, 1.165) is 0 Å². The van der Waals surface area contributed by atoms with E-state index in [1.165, 1.54) is 13.2 Å². The number of carboxylic acids is 1. The summed E-state index contributed by atoms with van der Waals surface area (Å²) in [7, 11) is 1.41. The van der Waals surface area contributed by atoms with Gasteiger partial charge in [-0.2, -0.15) is 5.10 Å². The molecule has 7 nitrogen and oxygen atoms in total. The fraction of sp³-hybridized carbons (Fsp3) is 0.267. The molecule has 0 radical (unpaired) electrons. The van der Waals surface area contributed by atoms with Gasteiger partial charge in [0.15, 0.2) is 11.4 Å². The number of amides is 1. The Labute approximate surface area is 147 Å². The van der Waals surface area contributed by atoms with E-state index in [1.54, 1.807) is 11.0 Å². The van der Waals surface area contributed by atoms with Crippen molar-refractivity contribution >= 4 is 35.1 Å². The van der Waals surface area contributed by atoms with Gasteiger partial charge in [-0.25, -0.2) is 4.79 Å². The van der Waals surface area contributed by atoms with Crippen molar-refractivity contribution in [1.82, 2.24) is 15.1 Å². The number of aromatic carboxylic acids is 1. The van der Waals surface area contributed by atoms with Gasteiger partial charge in [-0.05, 0) is 18.6 Å². The van der Waals surface area contributed by atoms with Crippen molar-refractivity contribution in [2.45, 2.75) is 13.0 Å². The SMILES string of the molecule is COc1c(Cl)ccc(Cl)c1C(=O)N1CCc2c(C(=O)O)n[nH]c2C1. The van der Waals surface area contributed by atoms with E-state index < -0.39 is 5.97 Å². The van der Waals surface area contributed by atoms with E-state index >= 15 is 0 Å². The summed E-state index contributed by atoms with van der Waals surface area (Å²) in [4.78, 5) is 25.5. The summed E-state index contributed by atoms with van der Waals surface area (Å²) in [6.45, 7) is 0.554. The lowest BCUT2D eigenvalue weighted by atomic mass is 10.0. The highest BCUT2D eigenvalue weighted by molar-refractivity contribution is 6.37. The molecule has 1 aliphatic heterocycles. The van der Waals surface area contributed by atoms with Gasteiger partial charge in [0.1, 0.15) is 5.56 Å². The Morgan fingerprint density at radius 1 is 1.33 bits per heavy atom. The number of halogens is 2. The molecule has 1 amide bonds. The maximum Gasteiger partial charge on any atom is 0.356 e. The standard InChI is InChI=1S/C15H13Cl2N3O4/c1-24-13-9(17)3-2-8(16)11(13)14(21)20-5-4-7-10(6-20)18-19-12(7)15(22)23/h2-3H,4-6H2,1H3,(H,18,19)(H,22,23). The normalized spacial score (nSPS) is 13.5. The monoisotopic (exact) mass is 369 g/mol. The van der Waals surface area contributed by atoms with E-state index in [-0.39, 0.29) is 39.5 Å². The number of nitrogens with zero attached hydrogens (tertiary/aromatic N) is 2. The highest BCUT2D eigenvalue weighted by atomic mass is 35.5. The maximum atomic E-state index is 12.9. The Bertz CT molecular complexity index is 834. The lowest BCUT2D eigenvalue weighted by molar-refractivity contribution is 0.0689. The molecular formula is C15H13Cl2N3O4. The molecule has 3 rings (SSSR count). The molecule has 2 aromatic rings. The van der Waals surface area contributed by atoms with Crippen molar-refractivity contribution in [2.24, 2.45) is 0 Å². The van der Waals surface area contributed by atoms with Crippen LogP contribution in [-0.2, 0) is 13.0 Å². The van der Waals surface area contributed by atoms with Gasteiger partial charge in [-0.15, -0.1) is 0 Å². The number of nitrogens with one attached hydrogen (secondary N) is 1. The molecule has 1 aromatic carbocycles. The number of hydrogen-bond acceptors (Lipinski definition) is 4. The molecular weight excluding hydrogens is 357 g/mol. The molecule has 0 saturated heterocycles. The van der Waals surface area contributed by atoms with Crippen LogP contribution in [0.15, 0.2) is 12.1 Å². The van der Waals surface area contributed by atoms with Crippen molar-refractivity contribution in [2.75, 3.05) is 13.7 Å². The summed E-state index contributed by atoms with van der Waals surface area (Å²) in [6.07, 6.45) is 0.389. The second kappa shape index (κ2) is 6.33. The first-order valence-electron chi connectivity index (χ1n) is 7.04. The van der Waals surface area contributed by atoms with Crippen LogP contribution in [0.5, 0.6) is 5.75 Å². The predicted octanol–water partition coefficient (Wildman–Crippen LogP) is 2.62. The summed E-state index contributed by atoms with van der Waals surface area (Å²) < 4.78 is 5.21. The van der Waals surface area contributed by atoms with E-state index in [0.29, 0.717) is 24.2 Å². The smallest absolute Gasteiger partial charge is 0.356 e. The average Bonchev–Trinajstić information content (AvgIpc) is 2.99. The summed E-state index contributed by atoms with van der Waals surface area (Å²) in [5.41, 5.74) is 1.41. The van der Waals surface area contributed by atoms with Crippen LogP contribution in [0, 0.1) is 0 Å². The predicted molar refractivity (Wildman–Crippen MR) is 87.0 cm³/mol. The third-order valence-corrected chi connectivity index (χ3v) is 4.51. The molecule has 1 aliphatic rings. The van der Waals surface area contributed by atoms with Crippen LogP contribution in [0.3, 0.4) is 0 Å². The van der Waals surface area contributed by atoms with Crippen LogP contribution in [0.1, 0.15) is 32.1 Å². The average molecular weight is 370 g/mol. The highest BCUT2D eigenvalue weighted by Gasteiger charge is 2.30. The first-order chi connectivity index (χ1) is 11.4. The second-order valence-corrected chi connectivity index (χ2v) is 6.06. The van der Waals surface area contributed by atoms with Crippen molar-refractivity contribution in [3.8, 4) is 5.75 Å². The topological polar surface area (TPSA) is 95.5 Å². The molecule has 9 heteroatoms. The zero-order chi connectivity index (χ0) is 17.4. The minimum atomic E-state index is -1.09. The fourth-order valence-electron chi connectivity index (χ4n) is 2.76. The molecule has 126 valence electrons. The molecule has 0 aliphatic carbocycles. The lowest BCUT2D eigenvalue weighted by Gasteiger charge is -2.27. The molecule has 0 bridgehead atoms. The van der Waals surface area contributed by atoms with Crippen molar-refractivity contribution in [1.29, 1.82) is 0 Å². The first-order valence-corrected chi connectivity index (χ1v) is 7.80. The molecule has 0 atom stereocenters. The number of benzene rings is 1. The van der Waals surface area contributed by atoms with Gasteiger partial charge in [-0.1, -0.05) is 23.2 Å². The molecule has 1 aromatic heterocycles. The van der Waals surface area contributed by atoms with Gasteiger partial charge in [-0.3, -0.25) is 9.89 Å². The Hall–Kier alpha value is -2.25. The summed E-state index contributed by atoms with van der Waals surface area (Å²) >= 11 is 12.2. The number of methoxy groups -OCH3 is 1. The number of H-pyrrole nitrogens is 1. The lowest BCUT2D eigenvalue weighted by Crippen LogP contribution is -2.36. The molecule has 24 heavy (non-hydrogen) atoms. The Balaban J connectivity index is 1.93. The third kappa shape index (κ3) is 2.70. The Kier molecular flexibility index (Phi) is 4.38. The number of fused-ring (bicyclic) bond motifs is 1. The second-order valence-electron chi connectivity index (χ2n) is 5.25. The zero-order valence-corrected chi connectivity index (χ0v) is 14.1. The maximum absolute atomic E-state index is 12.9. The number of aromatic amines is 1. The molecule has 0 fully saturated rings. The number of aromatic nitrogens is 2. The van der Waals surface area contributed by atoms with Crippen LogP contribution < -0.4 is 4.74 Å². The largest absolute Gasteiger partial charge is 0.494 e. The van der Waals surface area contributed by atoms with Crippen LogP contribution in [0.25, 0.3) is 0 Å². The Morgan fingerprint density at radius 2 is 2.04 bits per heavy atom. The minimum Gasteiger partial charge on any atom is -0.494 e. The van der Waals surface area contributed by atoms with Crippen LogP contribution in [0.2, 0.25) is 10.0 Å². The van der Waals surface area contributed by atoms with Gasteiger partial charge >= 0.3 is 5.97 Å². The molecule has 0 saturated carbocycles. The third-order valence-electron chi connectivity index (χ3n) is 3.90. The molecule has 0 unspecified atom stereocenters. The number of hydrogen-bond donors (Lipinski definition) is 2. The van der Waals surface area contributed by atoms with E-state index in [1.807, 2.05) is 0 Å². The quantitative estimate of drug-likeness (QED) is 0.866. The molecule has 2 heterocycles. The van der Waals surface area contributed by atoms with Gasteiger partial charge in [0.25, 0.3) is 5.91 Å². The van der Waals surface area contributed by atoms with Crippen molar-refractivity contribution < 1.29 is 19.4 Å². The van der Waals surface area contributed by atoms with Gasteiger partial charge in [0.05, 0.1) is 29.4 Å². The van der Waals surface area contributed by atoms with Crippen LogP contribution >= 0.6 is 23.2 Å². The summed E-state index contributed by atoms with van der Waals surface area (Å²) in [5, 5.41) is 16.1. The van der Waals surface area contributed by atoms with Crippen molar-refractivity contribution in [3.63, 3.8) is 0 Å². The number of carbonyl (C=O) groups excluding carboxylic acids is 1. The fourth-order valence-corrected chi connectivity index (χ4v) is 3.22. The van der Waals surface area contributed by atoms with E-state index in [9.17, 15) is 9.59 Å². The van der Waals surface area contributed by atoms with E-state index in [4.69, 9.17) is 33.0 Å². The van der Waals surface area contributed by atoms with Gasteiger partial charge in [0, 0.05) is 12.1 Å². The minimum absolute atomic E-state index is 0.00420. The van der Waals surface area contributed by atoms with Crippen molar-refractivity contribution in [3.05, 3.63) is 44.7 Å². The number of carboxylic acid groups (broad SMARTS) is 1. The van der Waals surface area contributed by atoms with E-state index in [2.05, 4.69) is 10.2 Å². The molecule has 2 N–H and O–H groups in total. The molecule has 0 spiro atoms. The van der Waals surface area contributed by atoms with Crippen LogP contribution in [-0.4, -0.2) is 45.7 Å². The summed E-state index contributed by atoms with van der Waals surface area (Å²) in [6, 6.07) is 3.09. The first kappa shape index (κ1) is 16.6. The van der Waals surface area contributed by atoms with Gasteiger partial charge in [0.2, 0.25) is 0 Å². The summed E-state index contributed by atoms with van der Waals surface area (Å²) in [5.74, 6) is -1.21. The zero-order valence-electron chi connectivity index (χ0n) is 12.6. The van der Waals surface area contributed by atoms with Crippen LogP contribution in [0.4, 0.5) is 0 Å². The highest BCUT2D eigenvalue weighted by Crippen LogP contribution is 2.35. The number of rotatable bonds is 3. The Morgan fingerprint density at radius 3 is 2.71 bits per heavy atom. The van der Waals surface area contributed by atoms with Gasteiger partial charge < -0.3 is 14.7 Å². The number of ether oxygens (including phenoxy) is 1.